The van der Waals surface area contributed by atoms with Gasteiger partial charge in [-0.2, -0.15) is 0 Å². The van der Waals surface area contributed by atoms with Crippen molar-refractivity contribution < 1.29 is 9.59 Å². The van der Waals surface area contributed by atoms with Crippen LogP contribution in [0, 0.1) is 0 Å². The summed E-state index contributed by atoms with van der Waals surface area (Å²) < 4.78 is 0. The number of rotatable bonds is 3. The van der Waals surface area contributed by atoms with Crippen LogP contribution in [0.25, 0.3) is 0 Å². The molecule has 2 fully saturated rings. The molecule has 1 saturated carbocycles. The number of halogens is 1. The molecule has 1 saturated heterocycles. The zero-order chi connectivity index (χ0) is 15.0. The van der Waals surface area contributed by atoms with E-state index in [1.165, 1.54) is 6.20 Å². The van der Waals surface area contributed by atoms with E-state index in [1.807, 2.05) is 7.05 Å². The number of amides is 2. The summed E-state index contributed by atoms with van der Waals surface area (Å²) in [5.41, 5.74) is 0.328. The Hall–Kier alpha value is -1.27. The van der Waals surface area contributed by atoms with Crippen molar-refractivity contribution in [2.75, 3.05) is 18.7 Å². The smallest absolute Gasteiger partial charge is 0.273 e. The van der Waals surface area contributed by atoms with E-state index in [4.69, 9.17) is 11.6 Å². The fraction of sp³-hybridized carbons (Fsp3) is 0.500. The third-order valence-corrected chi connectivity index (χ3v) is 5.05. The van der Waals surface area contributed by atoms with E-state index in [0.29, 0.717) is 28.4 Å². The summed E-state index contributed by atoms with van der Waals surface area (Å²) in [6.07, 6.45) is 3.58. The maximum absolute atomic E-state index is 12.5. The number of pyridine rings is 1. The normalized spacial score (nSPS) is 21.4. The molecular formula is C14H16ClN3O2S. The molecule has 0 bridgehead atoms. The van der Waals surface area contributed by atoms with Crippen LogP contribution in [0.1, 0.15) is 23.3 Å². The van der Waals surface area contributed by atoms with E-state index in [0.717, 1.165) is 12.8 Å². The lowest BCUT2D eigenvalue weighted by molar-refractivity contribution is -0.134. The molecule has 0 unspecified atom stereocenters. The second-order valence-corrected chi connectivity index (χ2v) is 6.77. The zero-order valence-corrected chi connectivity index (χ0v) is 13.2. The van der Waals surface area contributed by atoms with E-state index in [-0.39, 0.29) is 17.9 Å². The Morgan fingerprint density at radius 3 is 2.81 bits per heavy atom. The highest BCUT2D eigenvalue weighted by Gasteiger charge is 2.40. The third kappa shape index (κ3) is 3.01. The Morgan fingerprint density at radius 1 is 1.43 bits per heavy atom. The first-order valence-corrected chi connectivity index (χ1v) is 8.38. The van der Waals surface area contributed by atoms with Crippen LogP contribution in [0.4, 0.5) is 0 Å². The Kier molecular flexibility index (Phi) is 4.08. The maximum atomic E-state index is 12.5. The lowest BCUT2D eigenvalue weighted by Gasteiger charge is -2.27. The third-order valence-electron chi connectivity index (χ3n) is 3.82. The number of hydrogen-bond acceptors (Lipinski definition) is 4. The molecule has 5 nitrogen and oxygen atoms in total. The van der Waals surface area contributed by atoms with Crippen molar-refractivity contribution >= 4 is 35.2 Å². The fourth-order valence-electron chi connectivity index (χ4n) is 2.37. The van der Waals surface area contributed by atoms with Crippen LogP contribution in [-0.4, -0.2) is 57.4 Å². The van der Waals surface area contributed by atoms with Crippen LogP contribution in [0.3, 0.4) is 0 Å². The predicted molar refractivity (Wildman–Crippen MR) is 82.3 cm³/mol. The van der Waals surface area contributed by atoms with Crippen molar-refractivity contribution in [2.45, 2.75) is 24.9 Å². The highest BCUT2D eigenvalue weighted by Crippen LogP contribution is 2.29. The van der Waals surface area contributed by atoms with Crippen molar-refractivity contribution in [2.24, 2.45) is 0 Å². The molecule has 1 aliphatic heterocycles. The number of aromatic nitrogens is 1. The molecule has 1 aromatic heterocycles. The quantitative estimate of drug-likeness (QED) is 0.851. The van der Waals surface area contributed by atoms with Gasteiger partial charge in [0.2, 0.25) is 5.91 Å². The largest absolute Gasteiger partial charge is 0.341 e. The van der Waals surface area contributed by atoms with Gasteiger partial charge in [-0.05, 0) is 25.0 Å². The van der Waals surface area contributed by atoms with Gasteiger partial charge >= 0.3 is 0 Å². The first-order valence-electron chi connectivity index (χ1n) is 6.85. The molecule has 1 aliphatic carbocycles. The molecule has 2 heterocycles. The number of nitrogens with zero attached hydrogens (tertiary/aromatic N) is 3. The Balaban J connectivity index is 1.75. The Labute approximate surface area is 132 Å². The first-order chi connectivity index (χ1) is 10.1. The van der Waals surface area contributed by atoms with Gasteiger partial charge < -0.3 is 9.80 Å². The summed E-state index contributed by atoms with van der Waals surface area (Å²) in [6, 6.07) is 3.21. The SMILES string of the molecule is CN(C(=O)[C@H]1CSCN1C(=O)c1ccc(Cl)cn1)C1CC1. The molecule has 3 rings (SSSR count). The Bertz CT molecular complexity index is 562. The maximum Gasteiger partial charge on any atom is 0.273 e. The highest BCUT2D eigenvalue weighted by molar-refractivity contribution is 7.99. The minimum absolute atomic E-state index is 0.0322. The molecular weight excluding hydrogens is 310 g/mol. The molecule has 0 aromatic carbocycles. The van der Waals surface area contributed by atoms with E-state index < -0.39 is 0 Å². The predicted octanol–water partition coefficient (Wildman–Crippen LogP) is 1.87. The number of carbonyl (C=O) groups is 2. The molecule has 7 heteroatoms. The van der Waals surface area contributed by atoms with Crippen molar-refractivity contribution in [1.29, 1.82) is 0 Å². The van der Waals surface area contributed by atoms with Gasteiger partial charge in [-0.15, -0.1) is 11.8 Å². The van der Waals surface area contributed by atoms with Gasteiger partial charge in [-0.25, -0.2) is 4.98 Å². The van der Waals surface area contributed by atoms with Crippen LogP contribution in [0.2, 0.25) is 5.02 Å². The van der Waals surface area contributed by atoms with Crippen molar-refractivity contribution in [3.63, 3.8) is 0 Å². The van der Waals surface area contributed by atoms with Gasteiger partial charge in [-0.3, -0.25) is 9.59 Å². The number of likely N-dealkylation sites (N-methyl/N-ethyl adjacent to an activating group) is 1. The summed E-state index contributed by atoms with van der Waals surface area (Å²) in [6.45, 7) is 0. The van der Waals surface area contributed by atoms with E-state index in [1.54, 1.807) is 33.7 Å². The van der Waals surface area contributed by atoms with Crippen LogP contribution in [0.15, 0.2) is 18.3 Å². The van der Waals surface area contributed by atoms with E-state index in [9.17, 15) is 9.59 Å². The number of thioether (sulfide) groups is 1. The average molecular weight is 326 g/mol. The summed E-state index contributed by atoms with van der Waals surface area (Å²) in [4.78, 5) is 32.5. The van der Waals surface area contributed by atoms with Gasteiger partial charge in [0.25, 0.3) is 5.91 Å². The summed E-state index contributed by atoms with van der Waals surface area (Å²) >= 11 is 7.38. The molecule has 0 spiro atoms. The van der Waals surface area contributed by atoms with Crippen molar-refractivity contribution in [3.05, 3.63) is 29.0 Å². The van der Waals surface area contributed by atoms with Crippen molar-refractivity contribution in [3.8, 4) is 0 Å². The summed E-state index contributed by atoms with van der Waals surface area (Å²) in [5, 5.41) is 0.489. The zero-order valence-electron chi connectivity index (χ0n) is 11.7. The highest BCUT2D eigenvalue weighted by atomic mass is 35.5. The average Bonchev–Trinajstić information content (AvgIpc) is 3.23. The lowest BCUT2D eigenvalue weighted by atomic mass is 10.2. The van der Waals surface area contributed by atoms with Crippen molar-refractivity contribution in [1.82, 2.24) is 14.8 Å². The molecule has 2 aliphatic rings. The van der Waals surface area contributed by atoms with Crippen LogP contribution < -0.4 is 0 Å². The Morgan fingerprint density at radius 2 is 2.19 bits per heavy atom. The molecule has 1 atom stereocenters. The molecule has 1 aromatic rings. The second kappa shape index (κ2) is 5.85. The first kappa shape index (κ1) is 14.7. The summed E-state index contributed by atoms with van der Waals surface area (Å²) in [7, 11) is 1.83. The van der Waals surface area contributed by atoms with Gasteiger partial charge in [-0.1, -0.05) is 11.6 Å². The number of hydrogen-bond donors (Lipinski definition) is 0. The molecule has 0 radical (unpaired) electrons. The minimum Gasteiger partial charge on any atom is -0.341 e. The fourth-order valence-corrected chi connectivity index (χ4v) is 3.63. The van der Waals surface area contributed by atoms with E-state index >= 15 is 0 Å². The molecule has 2 amide bonds. The minimum atomic E-state index is -0.384. The monoisotopic (exact) mass is 325 g/mol. The van der Waals surface area contributed by atoms with Gasteiger partial charge in [0.05, 0.1) is 10.9 Å². The number of carbonyl (C=O) groups excluding carboxylic acids is 2. The lowest BCUT2D eigenvalue weighted by Crippen LogP contribution is -2.48. The van der Waals surface area contributed by atoms with Gasteiger partial charge in [0.1, 0.15) is 11.7 Å². The summed E-state index contributed by atoms with van der Waals surface area (Å²) in [5.74, 6) is 0.997. The van der Waals surface area contributed by atoms with Gasteiger partial charge in [0.15, 0.2) is 0 Å². The van der Waals surface area contributed by atoms with Gasteiger partial charge in [0, 0.05) is 25.0 Å². The van der Waals surface area contributed by atoms with Crippen LogP contribution in [-0.2, 0) is 4.79 Å². The molecule has 112 valence electrons. The second-order valence-electron chi connectivity index (χ2n) is 5.33. The molecule has 21 heavy (non-hydrogen) atoms. The van der Waals surface area contributed by atoms with E-state index in [2.05, 4.69) is 4.98 Å². The topological polar surface area (TPSA) is 53.5 Å². The van der Waals surface area contributed by atoms with Crippen LogP contribution >= 0.6 is 23.4 Å². The molecule has 0 N–H and O–H groups in total. The standard InChI is InChI=1S/C14H16ClN3O2S/c1-17(10-3-4-10)14(20)12-7-21-8-18(12)13(19)11-5-2-9(15)6-16-11/h2,5-6,10,12H,3-4,7-8H2,1H3/t12-/m1/s1. The van der Waals surface area contributed by atoms with Crippen LogP contribution in [0.5, 0.6) is 0 Å².